The Balaban J connectivity index is 1.70. The molecular formula is C18H11Cl3N8. The van der Waals surface area contributed by atoms with Crippen LogP contribution in [0.25, 0.3) is 16.7 Å². The first-order valence-corrected chi connectivity index (χ1v) is 9.44. The van der Waals surface area contributed by atoms with E-state index in [1.54, 1.807) is 22.9 Å². The first-order valence-electron chi connectivity index (χ1n) is 8.30. The van der Waals surface area contributed by atoms with Crippen LogP contribution in [0.15, 0.2) is 37.1 Å². The van der Waals surface area contributed by atoms with Gasteiger partial charge in [0.05, 0.1) is 32.2 Å². The number of nitrogens with zero attached hydrogens (tertiary/aromatic N) is 7. The molecule has 0 fully saturated rings. The summed E-state index contributed by atoms with van der Waals surface area (Å²) in [7, 11) is 0. The summed E-state index contributed by atoms with van der Waals surface area (Å²) in [4.78, 5) is 17.1. The molecule has 3 heterocycles. The molecule has 8 nitrogen and oxygen atoms in total. The fourth-order valence-corrected chi connectivity index (χ4v) is 3.44. The van der Waals surface area contributed by atoms with Crippen LogP contribution in [0.1, 0.15) is 24.4 Å². The van der Waals surface area contributed by atoms with Gasteiger partial charge in [-0.1, -0.05) is 34.8 Å². The Bertz CT molecular complexity index is 1250. The lowest BCUT2D eigenvalue weighted by atomic mass is 10.2. The van der Waals surface area contributed by atoms with Crippen molar-refractivity contribution in [3.05, 3.63) is 63.5 Å². The van der Waals surface area contributed by atoms with Crippen molar-refractivity contribution in [2.24, 2.45) is 0 Å². The van der Waals surface area contributed by atoms with E-state index in [0.717, 1.165) is 0 Å². The maximum absolute atomic E-state index is 8.93. The van der Waals surface area contributed by atoms with Crippen molar-refractivity contribution in [2.75, 3.05) is 5.32 Å². The molecule has 1 unspecified atom stereocenters. The predicted molar refractivity (Wildman–Crippen MR) is 110 cm³/mol. The van der Waals surface area contributed by atoms with Crippen LogP contribution in [0.2, 0.25) is 15.1 Å². The summed E-state index contributed by atoms with van der Waals surface area (Å²) in [6.45, 7) is 1.90. The van der Waals surface area contributed by atoms with Crippen LogP contribution in [-0.2, 0) is 0 Å². The van der Waals surface area contributed by atoms with Gasteiger partial charge in [0.2, 0.25) is 0 Å². The molecule has 0 saturated heterocycles. The highest BCUT2D eigenvalue weighted by atomic mass is 35.5. The number of hydrogen-bond donors (Lipinski definition) is 1. The number of anilines is 1. The van der Waals surface area contributed by atoms with E-state index in [2.05, 4.69) is 30.4 Å². The molecule has 1 atom stereocenters. The van der Waals surface area contributed by atoms with Crippen LogP contribution >= 0.6 is 34.8 Å². The second-order valence-electron chi connectivity index (χ2n) is 6.02. The minimum Gasteiger partial charge on any atom is -0.360 e. The van der Waals surface area contributed by atoms with E-state index in [9.17, 15) is 0 Å². The number of nitrogens with one attached hydrogen (secondary N) is 1. The highest BCUT2D eigenvalue weighted by molar-refractivity contribution is 6.50. The smallest absolute Gasteiger partial charge is 0.156 e. The zero-order valence-corrected chi connectivity index (χ0v) is 17.1. The Morgan fingerprint density at radius 2 is 1.90 bits per heavy atom. The third kappa shape index (κ3) is 3.56. The number of halogens is 3. The highest BCUT2D eigenvalue weighted by Crippen LogP contribution is 2.38. The van der Waals surface area contributed by atoms with Gasteiger partial charge in [-0.05, 0) is 25.1 Å². The lowest BCUT2D eigenvalue weighted by Crippen LogP contribution is -2.15. The van der Waals surface area contributed by atoms with Crippen molar-refractivity contribution in [2.45, 2.75) is 13.0 Å². The van der Waals surface area contributed by atoms with Gasteiger partial charge in [0.15, 0.2) is 11.6 Å². The summed E-state index contributed by atoms with van der Waals surface area (Å²) in [6.07, 6.45) is 4.30. The summed E-state index contributed by atoms with van der Waals surface area (Å²) in [5, 5.41) is 17.9. The van der Waals surface area contributed by atoms with E-state index in [0.29, 0.717) is 38.9 Å². The second kappa shape index (κ2) is 7.79. The molecule has 29 heavy (non-hydrogen) atoms. The second-order valence-corrected chi connectivity index (χ2v) is 7.18. The molecule has 0 aliphatic heterocycles. The average Bonchev–Trinajstić information content (AvgIpc) is 3.23. The Labute approximate surface area is 180 Å². The molecule has 0 aliphatic rings. The quantitative estimate of drug-likeness (QED) is 0.457. The zero-order valence-electron chi connectivity index (χ0n) is 14.8. The van der Waals surface area contributed by atoms with Gasteiger partial charge in [0.25, 0.3) is 0 Å². The van der Waals surface area contributed by atoms with Crippen LogP contribution in [0.5, 0.6) is 0 Å². The fraction of sp³-hybridized carbons (Fsp3) is 0.111. The molecule has 4 aromatic rings. The van der Waals surface area contributed by atoms with E-state index < -0.39 is 0 Å². The van der Waals surface area contributed by atoms with Gasteiger partial charge in [0.1, 0.15) is 24.5 Å². The third-order valence-corrected chi connectivity index (χ3v) is 5.43. The molecule has 0 spiro atoms. The van der Waals surface area contributed by atoms with Crippen molar-refractivity contribution in [1.29, 1.82) is 5.26 Å². The van der Waals surface area contributed by atoms with Crippen LogP contribution in [-0.4, -0.2) is 29.7 Å². The lowest BCUT2D eigenvalue weighted by molar-refractivity contribution is 0.710. The summed E-state index contributed by atoms with van der Waals surface area (Å²) >= 11 is 18.6. The number of pyridine rings is 1. The van der Waals surface area contributed by atoms with Crippen LogP contribution in [0.3, 0.4) is 0 Å². The van der Waals surface area contributed by atoms with Crippen molar-refractivity contribution in [3.8, 4) is 11.9 Å². The molecule has 0 amide bonds. The fourth-order valence-electron chi connectivity index (χ4n) is 2.79. The van der Waals surface area contributed by atoms with Gasteiger partial charge >= 0.3 is 0 Å². The molecule has 144 valence electrons. The number of aromatic nitrogens is 6. The molecule has 0 saturated carbocycles. The van der Waals surface area contributed by atoms with Crippen molar-refractivity contribution in [1.82, 2.24) is 29.7 Å². The minimum absolute atomic E-state index is 0.241. The molecule has 11 heteroatoms. The van der Waals surface area contributed by atoms with Crippen LogP contribution in [0.4, 0.5) is 5.82 Å². The Morgan fingerprint density at radius 1 is 1.07 bits per heavy atom. The van der Waals surface area contributed by atoms with Gasteiger partial charge in [-0.15, -0.1) is 0 Å². The van der Waals surface area contributed by atoms with E-state index in [-0.39, 0.29) is 16.1 Å². The molecule has 4 rings (SSSR count). The van der Waals surface area contributed by atoms with Crippen LogP contribution in [0, 0.1) is 11.3 Å². The van der Waals surface area contributed by atoms with E-state index in [1.807, 2.05) is 13.0 Å². The first kappa shape index (κ1) is 19.3. The average molecular weight is 446 g/mol. The van der Waals surface area contributed by atoms with Gasteiger partial charge in [-0.3, -0.25) is 0 Å². The number of nitriles is 1. The van der Waals surface area contributed by atoms with E-state index >= 15 is 0 Å². The standard InChI is InChI=1S/C18H11Cl3N8/c1-9(18-26-8-27-29(18)13-3-2-10(5-22)6-23-13)28-17-11-4-12(19)14(20)15(21)16(11)24-7-25-17/h2-4,6-9H,1H3,(H,24,25,28). The maximum atomic E-state index is 8.93. The van der Waals surface area contributed by atoms with E-state index in [4.69, 9.17) is 40.1 Å². The number of hydrogen-bond acceptors (Lipinski definition) is 7. The number of fused-ring (bicyclic) bond motifs is 1. The molecule has 3 aromatic heterocycles. The summed E-state index contributed by atoms with van der Waals surface area (Å²) in [5.74, 6) is 1.65. The SMILES string of the molecule is CC(Nc1ncnc2c(Cl)c(Cl)c(Cl)cc12)c1ncnn1-c1ccc(C#N)cn1. The van der Waals surface area contributed by atoms with Crippen molar-refractivity contribution < 1.29 is 0 Å². The largest absolute Gasteiger partial charge is 0.360 e. The van der Waals surface area contributed by atoms with Gasteiger partial charge in [-0.25, -0.2) is 19.9 Å². The van der Waals surface area contributed by atoms with Crippen LogP contribution < -0.4 is 5.32 Å². The molecule has 1 aromatic carbocycles. The van der Waals surface area contributed by atoms with Gasteiger partial charge in [-0.2, -0.15) is 15.0 Å². The zero-order chi connectivity index (χ0) is 20.5. The predicted octanol–water partition coefficient (Wildman–Crippen LogP) is 4.61. The Morgan fingerprint density at radius 3 is 2.62 bits per heavy atom. The minimum atomic E-state index is -0.304. The summed E-state index contributed by atoms with van der Waals surface area (Å²) < 4.78 is 1.58. The van der Waals surface area contributed by atoms with Gasteiger partial charge in [0, 0.05) is 11.6 Å². The molecule has 0 aliphatic carbocycles. The lowest BCUT2D eigenvalue weighted by Gasteiger charge is -2.16. The summed E-state index contributed by atoms with van der Waals surface area (Å²) in [5.41, 5.74) is 0.947. The molecule has 0 bridgehead atoms. The maximum Gasteiger partial charge on any atom is 0.156 e. The number of benzene rings is 1. The van der Waals surface area contributed by atoms with E-state index in [1.165, 1.54) is 18.9 Å². The third-order valence-electron chi connectivity index (χ3n) is 4.17. The van der Waals surface area contributed by atoms with Gasteiger partial charge < -0.3 is 5.32 Å². The topological polar surface area (TPSA) is 105 Å². The summed E-state index contributed by atoms with van der Waals surface area (Å²) in [6, 6.07) is 6.75. The monoisotopic (exact) mass is 444 g/mol. The van der Waals surface area contributed by atoms with Crippen molar-refractivity contribution in [3.63, 3.8) is 0 Å². The molecule has 0 radical (unpaired) electrons. The molecular weight excluding hydrogens is 435 g/mol. The first-order chi connectivity index (χ1) is 14.0. The highest BCUT2D eigenvalue weighted by Gasteiger charge is 2.19. The number of rotatable bonds is 4. The Kier molecular flexibility index (Phi) is 5.20. The normalized spacial score (nSPS) is 12.0. The molecule has 1 N–H and O–H groups in total. The Hall–Kier alpha value is -2.99. The van der Waals surface area contributed by atoms with Crippen molar-refractivity contribution >= 4 is 51.5 Å².